The van der Waals surface area contributed by atoms with Crippen molar-refractivity contribution < 1.29 is 44.8 Å². The zero-order chi connectivity index (χ0) is 80.2. The molecule has 0 spiro atoms. The molecule has 0 atom stereocenters. The minimum absolute atomic E-state index is 0.0883. The van der Waals surface area contributed by atoms with Crippen molar-refractivity contribution in [2.75, 3.05) is 92.1 Å². The molecule has 0 bridgehead atoms. The van der Waals surface area contributed by atoms with Crippen LogP contribution in [-0.2, 0) is 26.1 Å². The molecule has 6 N–H and O–H groups in total. The highest BCUT2D eigenvalue weighted by molar-refractivity contribution is 7.90. The lowest BCUT2D eigenvalue weighted by Crippen LogP contribution is -2.32. The van der Waals surface area contributed by atoms with Gasteiger partial charge in [-0.05, 0) is 138 Å². The molecule has 9 heterocycles. The maximum atomic E-state index is 15.2. The first kappa shape index (κ1) is 78.7. The fourth-order valence-electron chi connectivity index (χ4n) is 12.3. The minimum atomic E-state index is -3.36. The van der Waals surface area contributed by atoms with Gasteiger partial charge in [0, 0.05) is 97.4 Å². The van der Waals surface area contributed by atoms with Crippen molar-refractivity contribution in [1.29, 1.82) is 0 Å². The number of rotatable bonds is 13. The van der Waals surface area contributed by atoms with Gasteiger partial charge in [0.25, 0.3) is 0 Å². The molecule has 576 valence electrons. The van der Waals surface area contributed by atoms with E-state index in [9.17, 15) is 31.6 Å². The Morgan fingerprint density at radius 1 is 0.384 bits per heavy atom. The third-order valence-corrected chi connectivity index (χ3v) is 24.0. The number of nitrogens with zero attached hydrogens (tertiary/aromatic N) is 15. The molecule has 6 aromatic carbocycles. The lowest BCUT2D eigenvalue weighted by molar-refractivity contribution is 0.255. The Labute approximate surface area is 659 Å². The first-order valence-electron chi connectivity index (χ1n) is 35.0. The molecule has 112 heavy (non-hydrogen) atoms. The number of nitrogen functional groups attached to an aromatic ring is 3. The summed E-state index contributed by atoms with van der Waals surface area (Å²) in [5.74, 6) is -2.17. The number of benzene rings is 6. The van der Waals surface area contributed by atoms with E-state index in [0.717, 1.165) is 35.9 Å². The van der Waals surface area contributed by atoms with Gasteiger partial charge >= 0.3 is 18.1 Å². The number of hydrogen-bond donors (Lipinski definition) is 3. The monoisotopic (exact) mass is 1610 g/mol. The van der Waals surface area contributed by atoms with E-state index in [-0.39, 0.29) is 86.0 Å². The van der Waals surface area contributed by atoms with E-state index in [4.69, 9.17) is 43.8 Å². The van der Waals surface area contributed by atoms with Crippen LogP contribution in [0, 0.1) is 29.1 Å². The topological polar surface area (TPSA) is 299 Å². The maximum absolute atomic E-state index is 15.2. The summed E-state index contributed by atoms with van der Waals surface area (Å²) in [6.45, 7) is 20.3. The van der Waals surface area contributed by atoms with Gasteiger partial charge in [-0.25, -0.2) is 89.6 Å². The number of amides is 6. The Morgan fingerprint density at radius 3 is 0.982 bits per heavy atom. The van der Waals surface area contributed by atoms with Crippen molar-refractivity contribution in [3.63, 3.8) is 0 Å². The van der Waals surface area contributed by atoms with Crippen molar-refractivity contribution in [2.24, 2.45) is 0 Å². The van der Waals surface area contributed by atoms with Crippen LogP contribution in [0.3, 0.4) is 0 Å². The summed E-state index contributed by atoms with van der Waals surface area (Å²) in [4.78, 5) is 90.4. The van der Waals surface area contributed by atoms with Crippen molar-refractivity contribution in [3.8, 4) is 65.5 Å². The van der Waals surface area contributed by atoms with Crippen LogP contribution in [0.1, 0.15) is 77.3 Å². The molecule has 6 amide bonds. The summed E-state index contributed by atoms with van der Waals surface area (Å²) >= 11 is 10.4. The molecule has 3 fully saturated rings. The average molecular weight is 1610 g/mol. The number of halogens is 6. The Bertz CT molecular complexity index is 5760. The third-order valence-electron chi connectivity index (χ3n) is 18.0. The Hall–Kier alpha value is -11.5. The summed E-state index contributed by atoms with van der Waals surface area (Å²) in [6, 6.07) is 33.8. The minimum Gasteiger partial charge on any atom is -0.368 e. The lowest BCUT2D eigenvalue weighted by Gasteiger charge is -2.20. The molecule has 0 saturated carbocycles. The number of urea groups is 3. The third kappa shape index (κ3) is 16.6. The van der Waals surface area contributed by atoms with Crippen LogP contribution < -0.4 is 46.6 Å². The molecular weight excluding hydrogens is 1540 g/mol. The number of sulfone groups is 1. The van der Waals surface area contributed by atoms with Crippen LogP contribution in [0.4, 0.5) is 88.3 Å². The molecule has 6 aromatic heterocycles. The molecule has 23 nitrogen and oxygen atoms in total. The number of anilines is 9. The van der Waals surface area contributed by atoms with Crippen molar-refractivity contribution in [2.45, 2.75) is 83.5 Å². The highest BCUT2D eigenvalue weighted by Gasteiger charge is 2.38. The predicted molar refractivity (Wildman–Crippen MR) is 433 cm³/mol. The zero-order valence-corrected chi connectivity index (χ0v) is 66.2. The van der Waals surface area contributed by atoms with Crippen LogP contribution >= 0.6 is 45.6 Å². The molecule has 0 aliphatic carbocycles. The largest absolute Gasteiger partial charge is 0.368 e. The molecule has 0 radical (unpaired) electrons. The Kier molecular flexibility index (Phi) is 21.8. The fourth-order valence-corrected chi connectivity index (χ4v) is 16.5. The molecule has 3 aliphatic heterocycles. The van der Waals surface area contributed by atoms with E-state index >= 15 is 13.2 Å². The summed E-state index contributed by atoms with van der Waals surface area (Å²) in [6.07, 6.45) is 5.82. The van der Waals surface area contributed by atoms with E-state index in [1.165, 1.54) is 136 Å². The van der Waals surface area contributed by atoms with E-state index < -0.39 is 45.2 Å². The van der Waals surface area contributed by atoms with Crippen LogP contribution in [0.15, 0.2) is 163 Å². The van der Waals surface area contributed by atoms with E-state index in [1.807, 2.05) is 0 Å². The molecule has 33 heteroatoms. The van der Waals surface area contributed by atoms with E-state index in [0.29, 0.717) is 94.1 Å². The Balaban J connectivity index is 0.000000147. The zero-order valence-electron chi connectivity index (χ0n) is 62.1. The van der Waals surface area contributed by atoms with Gasteiger partial charge in [-0.15, -0.1) is 34.0 Å². The van der Waals surface area contributed by atoms with Gasteiger partial charge in [0.05, 0.1) is 73.7 Å². The first-order valence-corrected chi connectivity index (χ1v) is 39.7. The van der Waals surface area contributed by atoms with E-state index in [1.54, 1.807) is 85.3 Å². The smallest absolute Gasteiger partial charge is 0.329 e. The first-order chi connectivity index (χ1) is 53.0. The average Bonchev–Trinajstić information content (AvgIpc) is 1.64. The van der Waals surface area contributed by atoms with Gasteiger partial charge in [-0.1, -0.05) is 92.1 Å². The van der Waals surface area contributed by atoms with Crippen LogP contribution in [0.5, 0.6) is 0 Å². The van der Waals surface area contributed by atoms with Gasteiger partial charge in [0.2, 0.25) is 17.8 Å². The number of carbonyl (C=O) groups is 3. The molecule has 3 saturated heterocycles. The SMILES string of the molecule is CC(C)(C)c1nc(-c2ccnc(N)n2)c(-c2ccc(F)c(N3CCN(c4ccc(F)c(Cl)c4)C3=O)c2)s1.CC(C)(C)c1nc(-c2ccnc(N)n2)c(-c2ccc(F)c(N3CCN(c4ccc(F)cc4)C3=O)c2)s1.CC(C)(C)c1nc(-c2ccnc(N)n2)c(-c2ccc(F)c(N3CCN(c4ccc(S(C)(=O)=O)cc4)C3=O)c2)s1. The number of nitrogens with two attached hydrogens (primary N) is 3. The maximum Gasteiger partial charge on any atom is 0.329 e. The van der Waals surface area contributed by atoms with Gasteiger partial charge in [-0.2, -0.15) is 0 Å². The molecule has 15 rings (SSSR count). The summed E-state index contributed by atoms with van der Waals surface area (Å²) < 4.78 is 95.9. The van der Waals surface area contributed by atoms with Crippen molar-refractivity contribution >= 4 is 126 Å². The molecule has 3 aliphatic rings. The number of carbonyl (C=O) groups excluding carboxylic acids is 3. The highest BCUT2D eigenvalue weighted by atomic mass is 35.5. The van der Waals surface area contributed by atoms with Gasteiger partial charge < -0.3 is 17.2 Å². The number of thiazole rings is 3. The lowest BCUT2D eigenvalue weighted by atomic mass is 9.98. The van der Waals surface area contributed by atoms with Crippen molar-refractivity contribution in [3.05, 3.63) is 207 Å². The number of hydrogen-bond acceptors (Lipinski definition) is 20. The second kappa shape index (κ2) is 31.0. The fraction of sp³-hybridized carbons (Fsp3) is 0.241. The van der Waals surface area contributed by atoms with Crippen molar-refractivity contribution in [1.82, 2.24) is 44.9 Å². The Morgan fingerprint density at radius 2 is 0.679 bits per heavy atom. The van der Waals surface area contributed by atoms with Crippen LogP contribution in [-0.4, -0.2) is 117 Å². The molecule has 0 unspecified atom stereocenters. The predicted octanol–water partition coefficient (Wildman–Crippen LogP) is 17.5. The highest BCUT2D eigenvalue weighted by Crippen LogP contribution is 2.47. The standard InChI is InChI=1S/C27H27FN6O3S2.C26H23ClF2N6OS.C26H24F2N6OS/c1-27(2,3)24-32-22(20-11-12-30-25(29)31-20)23(38-24)16-5-10-19(28)21(15-16)34-14-13-33(26(34)35)17-6-8-18(9-7-17)39(4,36)37;1-26(2,3)23-33-21(19-8-9-31-24(30)32-19)22(37-23)14-4-6-18(29)20(12-14)35-11-10-34(25(35)36)15-5-7-17(28)16(27)13-15;1-26(2,3)23-32-21(19-10-11-30-24(29)31-19)22(36-23)15-4-9-18(28)20(14-15)34-13-12-33(25(34)35)17-7-5-16(27)6-8-17/h5-12,15H,13-14H2,1-4H3,(H2,29,30,31);4-9,12-13H,10-11H2,1-3H3,(H2,30,31,32);4-11,14H,12-13H2,1-3H3,(H2,29,30,31). The second-order valence-electron chi connectivity index (χ2n) is 29.3. The molecular formula is C79H74ClF5N18O5S4. The van der Waals surface area contributed by atoms with E-state index in [2.05, 4.69) is 92.2 Å². The summed E-state index contributed by atoms with van der Waals surface area (Å²) in [5, 5.41) is 2.54. The normalized spacial score (nSPS) is 14.2. The van der Waals surface area contributed by atoms with Crippen LogP contribution in [0.25, 0.3) is 65.5 Å². The van der Waals surface area contributed by atoms with Gasteiger partial charge in [0.1, 0.15) is 46.2 Å². The second-order valence-corrected chi connectivity index (χ2v) is 34.8. The molecule has 12 aromatic rings. The summed E-state index contributed by atoms with van der Waals surface area (Å²) in [5.41, 5.74) is 24.4. The van der Waals surface area contributed by atoms with Crippen LogP contribution in [0.2, 0.25) is 5.02 Å². The van der Waals surface area contributed by atoms with Gasteiger partial charge in [0.15, 0.2) is 9.84 Å². The summed E-state index contributed by atoms with van der Waals surface area (Å²) in [7, 11) is -3.36. The van der Waals surface area contributed by atoms with Gasteiger partial charge in [-0.3, -0.25) is 29.4 Å². The number of aromatic nitrogens is 9. The quantitative estimate of drug-likeness (QED) is 0.0904.